The fourth-order valence-corrected chi connectivity index (χ4v) is 6.85. The minimum absolute atomic E-state index is 0.00829. The standard InChI is InChI=1S/C19H26N4O3S/c1-12-3-2-6-22(8-12)19-20-7-14-11-27(25,26)16-10-23(18(24)13-4-5-13)9-15(16)17(14)21-19/h7,12-13,15-16H,2-6,8-11H2,1H3/t12-,15-,16+/m0/s1. The molecule has 0 bridgehead atoms. The maximum absolute atomic E-state index is 12.8. The molecule has 5 rings (SSSR count). The second kappa shape index (κ2) is 6.15. The first-order chi connectivity index (χ1) is 12.9. The molecule has 0 radical (unpaired) electrons. The number of anilines is 1. The van der Waals surface area contributed by atoms with E-state index < -0.39 is 15.1 Å². The van der Waals surface area contributed by atoms with Gasteiger partial charge in [0.05, 0.1) is 16.7 Å². The molecule has 27 heavy (non-hydrogen) atoms. The van der Waals surface area contributed by atoms with E-state index in [1.807, 2.05) is 0 Å². The van der Waals surface area contributed by atoms with Crippen molar-refractivity contribution >= 4 is 21.7 Å². The van der Waals surface area contributed by atoms with Crippen molar-refractivity contribution in [2.24, 2.45) is 11.8 Å². The Morgan fingerprint density at radius 2 is 2.00 bits per heavy atom. The van der Waals surface area contributed by atoms with Crippen molar-refractivity contribution in [2.75, 3.05) is 31.1 Å². The number of fused-ring (bicyclic) bond motifs is 3. The van der Waals surface area contributed by atoms with Crippen molar-refractivity contribution in [1.82, 2.24) is 14.9 Å². The number of piperidine rings is 1. The van der Waals surface area contributed by atoms with E-state index in [0.29, 0.717) is 30.5 Å². The molecule has 2 saturated heterocycles. The van der Waals surface area contributed by atoms with Crippen LogP contribution in [0.25, 0.3) is 0 Å². The van der Waals surface area contributed by atoms with E-state index in [2.05, 4.69) is 16.8 Å². The van der Waals surface area contributed by atoms with Gasteiger partial charge >= 0.3 is 0 Å². The molecule has 3 atom stereocenters. The van der Waals surface area contributed by atoms with Gasteiger partial charge in [-0.25, -0.2) is 18.4 Å². The van der Waals surface area contributed by atoms with Crippen molar-refractivity contribution < 1.29 is 13.2 Å². The third-order valence-corrected chi connectivity index (χ3v) is 8.61. The number of amides is 1. The second-order valence-corrected chi connectivity index (χ2v) is 11.0. The summed E-state index contributed by atoms with van der Waals surface area (Å²) >= 11 is 0. The summed E-state index contributed by atoms with van der Waals surface area (Å²) in [4.78, 5) is 25.8. The monoisotopic (exact) mass is 390 g/mol. The average Bonchev–Trinajstić information content (AvgIpc) is 3.38. The molecule has 0 N–H and O–H groups in total. The Hall–Kier alpha value is -1.70. The summed E-state index contributed by atoms with van der Waals surface area (Å²) in [5.74, 6) is 1.34. The number of carbonyl (C=O) groups is 1. The maximum atomic E-state index is 12.8. The van der Waals surface area contributed by atoms with Gasteiger partial charge in [0, 0.05) is 49.8 Å². The van der Waals surface area contributed by atoms with Crippen LogP contribution in [0.4, 0.5) is 5.95 Å². The summed E-state index contributed by atoms with van der Waals surface area (Å²) in [6, 6.07) is 0. The van der Waals surface area contributed by atoms with Gasteiger partial charge in [-0.05, 0) is 31.6 Å². The Labute approximate surface area is 160 Å². The maximum Gasteiger partial charge on any atom is 0.225 e. The predicted molar refractivity (Wildman–Crippen MR) is 101 cm³/mol. The summed E-state index contributed by atoms with van der Waals surface area (Å²) in [6.45, 7) is 4.92. The molecular formula is C19H26N4O3S. The highest BCUT2D eigenvalue weighted by atomic mass is 32.2. The van der Waals surface area contributed by atoms with Crippen LogP contribution in [-0.4, -0.2) is 60.6 Å². The van der Waals surface area contributed by atoms with Gasteiger partial charge in [0.25, 0.3) is 0 Å². The van der Waals surface area contributed by atoms with Crippen molar-refractivity contribution in [3.8, 4) is 0 Å². The van der Waals surface area contributed by atoms with Gasteiger partial charge in [-0.15, -0.1) is 0 Å². The van der Waals surface area contributed by atoms with Gasteiger partial charge in [-0.2, -0.15) is 0 Å². The smallest absolute Gasteiger partial charge is 0.225 e. The first kappa shape index (κ1) is 17.4. The fraction of sp³-hybridized carbons (Fsp3) is 0.737. The van der Waals surface area contributed by atoms with Crippen LogP contribution in [0.15, 0.2) is 6.20 Å². The minimum Gasteiger partial charge on any atom is -0.341 e. The van der Waals surface area contributed by atoms with Crippen LogP contribution in [0.3, 0.4) is 0 Å². The second-order valence-electron chi connectivity index (χ2n) is 8.74. The van der Waals surface area contributed by atoms with Crippen LogP contribution in [0.2, 0.25) is 0 Å². The Bertz CT molecular complexity index is 883. The van der Waals surface area contributed by atoms with Gasteiger partial charge in [-0.3, -0.25) is 4.79 Å². The van der Waals surface area contributed by atoms with Gasteiger partial charge in [-0.1, -0.05) is 6.92 Å². The number of sulfone groups is 1. The normalized spacial score (nSPS) is 32.1. The SMILES string of the molecule is C[C@H]1CCCN(c2ncc3c(n2)[C@H]2CN(C(=O)C4CC4)C[C@H]2S(=O)(=O)C3)C1. The lowest BCUT2D eigenvalue weighted by molar-refractivity contribution is -0.131. The number of hydrogen-bond acceptors (Lipinski definition) is 6. The van der Waals surface area contributed by atoms with Gasteiger partial charge in [0.15, 0.2) is 9.84 Å². The first-order valence-electron chi connectivity index (χ1n) is 10.0. The number of nitrogens with zero attached hydrogens (tertiary/aromatic N) is 4. The van der Waals surface area contributed by atoms with Crippen LogP contribution in [-0.2, 0) is 20.4 Å². The lowest BCUT2D eigenvalue weighted by Crippen LogP contribution is -2.38. The van der Waals surface area contributed by atoms with Crippen LogP contribution >= 0.6 is 0 Å². The third-order valence-electron chi connectivity index (χ3n) is 6.50. The molecule has 146 valence electrons. The number of aromatic nitrogens is 2. The summed E-state index contributed by atoms with van der Waals surface area (Å²) in [6.07, 6.45) is 5.94. The van der Waals surface area contributed by atoms with Crippen molar-refractivity contribution in [1.29, 1.82) is 0 Å². The van der Waals surface area contributed by atoms with Gasteiger partial charge in [0.2, 0.25) is 11.9 Å². The Morgan fingerprint density at radius 1 is 1.19 bits per heavy atom. The Morgan fingerprint density at radius 3 is 2.74 bits per heavy atom. The topological polar surface area (TPSA) is 83.5 Å². The zero-order valence-corrected chi connectivity index (χ0v) is 16.5. The molecule has 0 unspecified atom stereocenters. The van der Waals surface area contributed by atoms with Crippen LogP contribution in [0.5, 0.6) is 0 Å². The van der Waals surface area contributed by atoms with E-state index in [9.17, 15) is 13.2 Å². The van der Waals surface area contributed by atoms with Crippen molar-refractivity contribution in [3.63, 3.8) is 0 Å². The predicted octanol–water partition coefficient (Wildman–Crippen LogP) is 1.35. The van der Waals surface area contributed by atoms with Crippen molar-refractivity contribution in [3.05, 3.63) is 17.5 Å². The average molecular weight is 391 g/mol. The molecular weight excluding hydrogens is 364 g/mol. The van der Waals surface area contributed by atoms with E-state index in [1.54, 1.807) is 11.1 Å². The molecule has 1 saturated carbocycles. The molecule has 1 aliphatic carbocycles. The zero-order chi connectivity index (χ0) is 18.8. The van der Waals surface area contributed by atoms with E-state index in [0.717, 1.165) is 38.0 Å². The molecule has 0 spiro atoms. The highest BCUT2D eigenvalue weighted by Gasteiger charge is 2.50. The van der Waals surface area contributed by atoms with E-state index in [1.165, 1.54) is 6.42 Å². The quantitative estimate of drug-likeness (QED) is 0.758. The third kappa shape index (κ3) is 3.02. The molecule has 7 nitrogen and oxygen atoms in total. The number of hydrogen-bond donors (Lipinski definition) is 0. The van der Waals surface area contributed by atoms with Crippen molar-refractivity contribution in [2.45, 2.75) is 49.5 Å². The molecule has 4 aliphatic rings. The molecule has 8 heteroatoms. The summed E-state index contributed by atoms with van der Waals surface area (Å²) in [5, 5.41) is -0.518. The molecule has 1 aromatic rings. The molecule has 1 aromatic heterocycles. The highest BCUT2D eigenvalue weighted by Crippen LogP contribution is 2.42. The van der Waals surface area contributed by atoms with E-state index in [-0.39, 0.29) is 23.5 Å². The Kier molecular flexibility index (Phi) is 3.97. The summed E-state index contributed by atoms with van der Waals surface area (Å²) < 4.78 is 25.6. The molecule has 4 heterocycles. The largest absolute Gasteiger partial charge is 0.341 e. The van der Waals surface area contributed by atoms with E-state index in [4.69, 9.17) is 4.98 Å². The number of likely N-dealkylation sites (tertiary alicyclic amines) is 1. The fourth-order valence-electron chi connectivity index (χ4n) is 4.86. The highest BCUT2D eigenvalue weighted by molar-refractivity contribution is 7.91. The number of carbonyl (C=O) groups excluding carboxylic acids is 1. The van der Waals surface area contributed by atoms with Crippen LogP contribution in [0, 0.1) is 11.8 Å². The first-order valence-corrected chi connectivity index (χ1v) is 11.7. The molecule has 1 amide bonds. The summed E-state index contributed by atoms with van der Waals surface area (Å²) in [7, 11) is -3.28. The lowest BCUT2D eigenvalue weighted by Gasteiger charge is -2.32. The van der Waals surface area contributed by atoms with Gasteiger partial charge < -0.3 is 9.80 Å². The van der Waals surface area contributed by atoms with Crippen LogP contribution < -0.4 is 4.90 Å². The Balaban J connectivity index is 1.48. The van der Waals surface area contributed by atoms with Gasteiger partial charge in [0.1, 0.15) is 0 Å². The lowest BCUT2D eigenvalue weighted by atomic mass is 9.99. The molecule has 3 fully saturated rings. The van der Waals surface area contributed by atoms with E-state index >= 15 is 0 Å². The summed E-state index contributed by atoms with van der Waals surface area (Å²) in [5.41, 5.74) is 1.56. The zero-order valence-electron chi connectivity index (χ0n) is 15.7. The minimum atomic E-state index is -3.28. The molecule has 0 aromatic carbocycles. The molecule has 3 aliphatic heterocycles. The van der Waals surface area contributed by atoms with Crippen LogP contribution in [0.1, 0.15) is 49.8 Å². The number of rotatable bonds is 2.